The first-order valence-electron chi connectivity index (χ1n) is 8.95. The van der Waals surface area contributed by atoms with Crippen LogP contribution in [0.3, 0.4) is 0 Å². The SMILES string of the molecule is O=C(Nc1ccc(-c2ccccc2)cc1)[C@H]1CC(=O)N(Cc2ccco2)C1. The van der Waals surface area contributed by atoms with E-state index >= 15 is 0 Å². The maximum atomic E-state index is 12.5. The summed E-state index contributed by atoms with van der Waals surface area (Å²) in [6, 6.07) is 21.4. The zero-order valence-corrected chi connectivity index (χ0v) is 14.8. The van der Waals surface area contributed by atoms with Gasteiger partial charge >= 0.3 is 0 Å². The fraction of sp³-hybridized carbons (Fsp3) is 0.182. The molecule has 2 aromatic carbocycles. The molecule has 0 spiro atoms. The van der Waals surface area contributed by atoms with Crippen LogP contribution in [0, 0.1) is 5.92 Å². The number of rotatable bonds is 5. The van der Waals surface area contributed by atoms with Crippen molar-refractivity contribution in [2.75, 3.05) is 11.9 Å². The predicted octanol–water partition coefficient (Wildman–Crippen LogP) is 3.93. The van der Waals surface area contributed by atoms with Crippen molar-refractivity contribution in [1.29, 1.82) is 0 Å². The van der Waals surface area contributed by atoms with Crippen molar-refractivity contribution in [3.05, 3.63) is 78.8 Å². The third-order valence-corrected chi connectivity index (χ3v) is 4.77. The van der Waals surface area contributed by atoms with Crippen LogP contribution >= 0.6 is 0 Å². The molecule has 5 nitrogen and oxygen atoms in total. The van der Waals surface area contributed by atoms with Gasteiger partial charge < -0.3 is 14.6 Å². The highest BCUT2D eigenvalue weighted by molar-refractivity contribution is 5.97. The summed E-state index contributed by atoms with van der Waals surface area (Å²) in [7, 11) is 0. The molecule has 0 bridgehead atoms. The molecular weight excluding hydrogens is 340 g/mol. The molecule has 0 unspecified atom stereocenters. The molecule has 5 heteroatoms. The second kappa shape index (κ2) is 7.50. The molecule has 1 aliphatic heterocycles. The summed E-state index contributed by atoms with van der Waals surface area (Å²) in [6.45, 7) is 0.814. The quantitative estimate of drug-likeness (QED) is 0.750. The standard InChI is InChI=1S/C22H20N2O3/c25-21-13-18(14-24(21)15-20-7-4-12-27-20)22(26)23-19-10-8-17(9-11-19)16-5-2-1-3-6-16/h1-12,18H,13-15H2,(H,23,26)/t18-/m0/s1. The van der Waals surface area contributed by atoms with Crippen LogP contribution in [-0.4, -0.2) is 23.3 Å². The average Bonchev–Trinajstić information content (AvgIpc) is 3.34. The van der Waals surface area contributed by atoms with Gasteiger partial charge in [-0.1, -0.05) is 42.5 Å². The van der Waals surface area contributed by atoms with E-state index in [2.05, 4.69) is 5.32 Å². The zero-order valence-electron chi connectivity index (χ0n) is 14.8. The first-order chi connectivity index (χ1) is 13.2. The van der Waals surface area contributed by atoms with Gasteiger partial charge in [-0.2, -0.15) is 0 Å². The first-order valence-corrected chi connectivity index (χ1v) is 8.95. The van der Waals surface area contributed by atoms with Crippen LogP contribution in [0.2, 0.25) is 0 Å². The summed E-state index contributed by atoms with van der Waals surface area (Å²) in [4.78, 5) is 26.4. The van der Waals surface area contributed by atoms with Crippen LogP contribution in [-0.2, 0) is 16.1 Å². The second-order valence-corrected chi connectivity index (χ2v) is 6.69. The van der Waals surface area contributed by atoms with Crippen molar-refractivity contribution in [2.45, 2.75) is 13.0 Å². The Labute approximate surface area is 157 Å². The van der Waals surface area contributed by atoms with Gasteiger partial charge in [0.25, 0.3) is 0 Å². The van der Waals surface area contributed by atoms with Crippen molar-refractivity contribution in [3.8, 4) is 11.1 Å². The van der Waals surface area contributed by atoms with Crippen molar-refractivity contribution < 1.29 is 14.0 Å². The van der Waals surface area contributed by atoms with Gasteiger partial charge in [-0.05, 0) is 35.4 Å². The lowest BCUT2D eigenvalue weighted by atomic mass is 10.1. The molecule has 1 atom stereocenters. The van der Waals surface area contributed by atoms with E-state index in [-0.39, 0.29) is 24.2 Å². The molecular formula is C22H20N2O3. The minimum Gasteiger partial charge on any atom is -0.467 e. The van der Waals surface area contributed by atoms with Gasteiger partial charge in [0.05, 0.1) is 18.7 Å². The van der Waals surface area contributed by atoms with Crippen LogP contribution in [0.25, 0.3) is 11.1 Å². The number of furan rings is 1. The summed E-state index contributed by atoms with van der Waals surface area (Å²) in [5, 5.41) is 2.92. The number of anilines is 1. The van der Waals surface area contributed by atoms with Crippen LogP contribution in [0.15, 0.2) is 77.4 Å². The van der Waals surface area contributed by atoms with Crippen LogP contribution in [0.4, 0.5) is 5.69 Å². The largest absolute Gasteiger partial charge is 0.467 e. The Balaban J connectivity index is 1.37. The van der Waals surface area contributed by atoms with Gasteiger partial charge in [0.15, 0.2) is 0 Å². The molecule has 27 heavy (non-hydrogen) atoms. The van der Waals surface area contributed by atoms with E-state index in [4.69, 9.17) is 4.42 Å². The van der Waals surface area contributed by atoms with Crippen molar-refractivity contribution in [1.82, 2.24) is 4.90 Å². The molecule has 0 radical (unpaired) electrons. The van der Waals surface area contributed by atoms with Crippen molar-refractivity contribution >= 4 is 17.5 Å². The van der Waals surface area contributed by atoms with Gasteiger partial charge in [0.2, 0.25) is 11.8 Å². The molecule has 136 valence electrons. The number of nitrogens with one attached hydrogen (secondary N) is 1. The molecule has 2 heterocycles. The summed E-state index contributed by atoms with van der Waals surface area (Å²) in [5.41, 5.74) is 2.95. The summed E-state index contributed by atoms with van der Waals surface area (Å²) >= 11 is 0. The Kier molecular flexibility index (Phi) is 4.75. The Morgan fingerprint density at radius 3 is 2.44 bits per heavy atom. The molecule has 1 saturated heterocycles. The highest BCUT2D eigenvalue weighted by Gasteiger charge is 2.34. The molecule has 0 aliphatic carbocycles. The monoisotopic (exact) mass is 360 g/mol. The van der Waals surface area contributed by atoms with Crippen LogP contribution in [0.5, 0.6) is 0 Å². The lowest BCUT2D eigenvalue weighted by molar-refractivity contribution is -0.128. The minimum absolute atomic E-state index is 0.0222. The number of carbonyl (C=O) groups is 2. The molecule has 2 amide bonds. The van der Waals surface area contributed by atoms with Gasteiger partial charge in [0.1, 0.15) is 5.76 Å². The van der Waals surface area contributed by atoms with Gasteiger partial charge in [-0.15, -0.1) is 0 Å². The molecule has 1 aliphatic rings. The van der Waals surface area contributed by atoms with Crippen LogP contribution in [0.1, 0.15) is 12.2 Å². The van der Waals surface area contributed by atoms with E-state index in [1.807, 2.05) is 60.7 Å². The smallest absolute Gasteiger partial charge is 0.229 e. The molecule has 0 saturated carbocycles. The minimum atomic E-state index is -0.346. The maximum absolute atomic E-state index is 12.5. The topological polar surface area (TPSA) is 62.6 Å². The molecule has 1 aromatic heterocycles. The second-order valence-electron chi connectivity index (χ2n) is 6.69. The van der Waals surface area contributed by atoms with E-state index in [1.54, 1.807) is 17.2 Å². The third-order valence-electron chi connectivity index (χ3n) is 4.77. The van der Waals surface area contributed by atoms with Gasteiger partial charge in [-0.3, -0.25) is 9.59 Å². The Morgan fingerprint density at radius 2 is 1.74 bits per heavy atom. The zero-order chi connectivity index (χ0) is 18.6. The molecule has 3 aromatic rings. The Bertz CT molecular complexity index is 918. The number of amides is 2. The number of carbonyl (C=O) groups excluding carboxylic acids is 2. The molecule has 1 N–H and O–H groups in total. The lowest BCUT2D eigenvalue weighted by Crippen LogP contribution is -2.27. The predicted molar refractivity (Wildman–Crippen MR) is 103 cm³/mol. The molecule has 1 fully saturated rings. The summed E-state index contributed by atoms with van der Waals surface area (Å²) in [6.07, 6.45) is 1.81. The highest BCUT2D eigenvalue weighted by Crippen LogP contribution is 2.24. The number of nitrogens with zero attached hydrogens (tertiary/aromatic N) is 1. The normalized spacial score (nSPS) is 16.5. The van der Waals surface area contributed by atoms with E-state index in [9.17, 15) is 9.59 Å². The fourth-order valence-electron chi connectivity index (χ4n) is 3.31. The summed E-state index contributed by atoms with van der Waals surface area (Å²) in [5.74, 6) is 0.228. The Hall–Kier alpha value is -3.34. The fourth-order valence-corrected chi connectivity index (χ4v) is 3.31. The number of likely N-dealkylation sites (tertiary alicyclic amines) is 1. The van der Waals surface area contributed by atoms with Crippen LogP contribution < -0.4 is 5.32 Å². The summed E-state index contributed by atoms with van der Waals surface area (Å²) < 4.78 is 5.29. The van der Waals surface area contributed by atoms with E-state index in [0.29, 0.717) is 13.1 Å². The lowest BCUT2D eigenvalue weighted by Gasteiger charge is -2.15. The Morgan fingerprint density at radius 1 is 1.00 bits per heavy atom. The average molecular weight is 360 g/mol. The van der Waals surface area contributed by atoms with E-state index in [1.165, 1.54) is 0 Å². The van der Waals surface area contributed by atoms with Gasteiger partial charge in [0, 0.05) is 18.7 Å². The van der Waals surface area contributed by atoms with E-state index in [0.717, 1.165) is 22.6 Å². The van der Waals surface area contributed by atoms with Gasteiger partial charge in [-0.25, -0.2) is 0 Å². The number of benzene rings is 2. The third kappa shape index (κ3) is 3.92. The van der Waals surface area contributed by atoms with Crippen molar-refractivity contribution in [3.63, 3.8) is 0 Å². The highest BCUT2D eigenvalue weighted by atomic mass is 16.3. The van der Waals surface area contributed by atoms with Crippen molar-refractivity contribution in [2.24, 2.45) is 5.92 Å². The number of hydrogen-bond donors (Lipinski definition) is 1. The first kappa shape index (κ1) is 17.1. The molecule has 4 rings (SSSR count). The maximum Gasteiger partial charge on any atom is 0.229 e. The number of hydrogen-bond acceptors (Lipinski definition) is 3. The van der Waals surface area contributed by atoms with E-state index < -0.39 is 0 Å².